The Kier molecular flexibility index (Phi) is 8.58. The molecular weight excluding hydrogens is 575 g/mol. The van der Waals surface area contributed by atoms with Crippen molar-refractivity contribution >= 4 is 29.1 Å². The predicted molar refractivity (Wildman–Crippen MR) is 184 cm³/mol. The van der Waals surface area contributed by atoms with E-state index in [2.05, 4.69) is 112 Å². The van der Waals surface area contributed by atoms with Crippen LogP contribution in [0.1, 0.15) is 33.4 Å². The van der Waals surface area contributed by atoms with Crippen LogP contribution in [0.3, 0.4) is 0 Å². The Balaban J connectivity index is 0.990. The van der Waals surface area contributed by atoms with Gasteiger partial charge in [-0.15, -0.1) is 0 Å². The zero-order valence-electron chi connectivity index (χ0n) is 24.8. The third kappa shape index (κ3) is 6.48. The van der Waals surface area contributed by atoms with Gasteiger partial charge in [0.2, 0.25) is 0 Å². The topological polar surface area (TPSA) is 65.7 Å². The largest absolute Gasteiger partial charge is 0.490 e. The SMILES string of the molecule is C(=NOCCOc1ccc(Cc2cccc(C(c3ccccc3)(c3ccccc3)C3NS3)c2)cc1)c1cnc2ccccc2c1. The molecule has 7 rings (SSSR count). The van der Waals surface area contributed by atoms with Crippen LogP contribution >= 0.6 is 11.9 Å². The molecule has 1 aliphatic heterocycles. The van der Waals surface area contributed by atoms with Crippen LogP contribution in [0.5, 0.6) is 5.75 Å². The zero-order valence-corrected chi connectivity index (χ0v) is 25.6. The van der Waals surface area contributed by atoms with Gasteiger partial charge in [-0.25, -0.2) is 4.72 Å². The number of fused-ring (bicyclic) bond motifs is 1. The van der Waals surface area contributed by atoms with E-state index in [4.69, 9.17) is 9.57 Å². The molecule has 0 bridgehead atoms. The van der Waals surface area contributed by atoms with E-state index in [-0.39, 0.29) is 10.8 Å². The maximum Gasteiger partial charge on any atom is 0.151 e. The fraction of sp³-hybridized carbons (Fsp3) is 0.128. The summed E-state index contributed by atoms with van der Waals surface area (Å²) in [6, 6.07) is 49.1. The lowest BCUT2D eigenvalue weighted by atomic mass is 9.69. The van der Waals surface area contributed by atoms with E-state index in [0.29, 0.717) is 13.2 Å². The van der Waals surface area contributed by atoms with Crippen molar-refractivity contribution < 1.29 is 9.57 Å². The average Bonchev–Trinajstić information content (AvgIpc) is 3.95. The normalized spacial score (nSPS) is 14.4. The first-order chi connectivity index (χ1) is 22.3. The smallest absolute Gasteiger partial charge is 0.151 e. The molecule has 1 unspecified atom stereocenters. The monoisotopic (exact) mass is 607 g/mol. The van der Waals surface area contributed by atoms with E-state index < -0.39 is 0 Å². The Morgan fingerprint density at radius 2 is 1.40 bits per heavy atom. The van der Waals surface area contributed by atoms with Gasteiger partial charge in [0.25, 0.3) is 0 Å². The summed E-state index contributed by atoms with van der Waals surface area (Å²) in [7, 11) is 0. The lowest BCUT2D eigenvalue weighted by Gasteiger charge is -2.35. The molecule has 45 heavy (non-hydrogen) atoms. The number of hydrogen-bond donors (Lipinski definition) is 1. The van der Waals surface area contributed by atoms with Gasteiger partial charge in [-0.05, 0) is 58.5 Å². The van der Waals surface area contributed by atoms with E-state index in [1.807, 2.05) is 42.5 Å². The van der Waals surface area contributed by atoms with Gasteiger partial charge >= 0.3 is 0 Å². The molecule has 6 aromatic rings. The van der Waals surface area contributed by atoms with Crippen molar-refractivity contribution in [2.75, 3.05) is 13.2 Å². The first-order valence-corrected chi connectivity index (χ1v) is 16.0. The number of oxime groups is 1. The molecule has 1 fully saturated rings. The molecule has 1 saturated heterocycles. The molecule has 0 spiro atoms. The molecule has 1 aromatic heterocycles. The van der Waals surface area contributed by atoms with Crippen molar-refractivity contribution in [1.29, 1.82) is 0 Å². The molecule has 0 radical (unpaired) electrons. The molecule has 0 amide bonds. The second kappa shape index (κ2) is 13.4. The fourth-order valence-electron chi connectivity index (χ4n) is 5.94. The summed E-state index contributed by atoms with van der Waals surface area (Å²) in [5.41, 5.74) is 7.94. The number of pyridine rings is 1. The molecule has 1 atom stereocenters. The number of nitrogens with zero attached hydrogens (tertiary/aromatic N) is 2. The van der Waals surface area contributed by atoms with Crippen molar-refractivity contribution in [2.24, 2.45) is 5.16 Å². The maximum atomic E-state index is 5.90. The van der Waals surface area contributed by atoms with Crippen LogP contribution in [0.2, 0.25) is 0 Å². The highest BCUT2D eigenvalue weighted by atomic mass is 32.2. The second-order valence-corrected chi connectivity index (χ2v) is 12.0. The van der Waals surface area contributed by atoms with Gasteiger partial charge < -0.3 is 9.57 Å². The number of benzene rings is 5. The average molecular weight is 608 g/mol. The number of nitrogens with one attached hydrogen (secondary N) is 1. The molecular formula is C39H33N3O2S. The number of ether oxygens (including phenoxy) is 1. The van der Waals surface area contributed by atoms with E-state index in [1.54, 1.807) is 24.4 Å². The van der Waals surface area contributed by atoms with Gasteiger partial charge in [-0.1, -0.05) is 132 Å². The Labute approximate surface area is 268 Å². The second-order valence-electron chi connectivity index (χ2n) is 11.1. The van der Waals surface area contributed by atoms with Crippen molar-refractivity contribution in [2.45, 2.75) is 17.2 Å². The van der Waals surface area contributed by atoms with E-state index >= 15 is 0 Å². The molecule has 1 aliphatic rings. The third-order valence-corrected chi connectivity index (χ3v) is 8.96. The highest BCUT2D eigenvalue weighted by molar-refractivity contribution is 8.04. The summed E-state index contributed by atoms with van der Waals surface area (Å²) < 4.78 is 9.47. The molecule has 0 saturated carbocycles. The first kappa shape index (κ1) is 28.8. The van der Waals surface area contributed by atoms with Crippen LogP contribution in [0.4, 0.5) is 0 Å². The van der Waals surface area contributed by atoms with Gasteiger partial charge in [-0.2, -0.15) is 0 Å². The number of rotatable bonds is 12. The Bertz CT molecular complexity index is 1850. The molecule has 6 heteroatoms. The minimum Gasteiger partial charge on any atom is -0.490 e. The Morgan fingerprint density at radius 1 is 0.711 bits per heavy atom. The van der Waals surface area contributed by atoms with E-state index in [1.165, 1.54) is 27.8 Å². The highest BCUT2D eigenvalue weighted by Gasteiger charge is 2.50. The van der Waals surface area contributed by atoms with Gasteiger partial charge in [0.1, 0.15) is 12.4 Å². The molecule has 2 heterocycles. The van der Waals surface area contributed by atoms with Crippen LogP contribution in [-0.4, -0.2) is 29.8 Å². The molecule has 0 aliphatic carbocycles. The predicted octanol–water partition coefficient (Wildman–Crippen LogP) is 8.17. The molecule has 222 valence electrons. The quantitative estimate of drug-likeness (QED) is 0.0380. The summed E-state index contributed by atoms with van der Waals surface area (Å²) in [4.78, 5) is 9.85. The van der Waals surface area contributed by atoms with Crippen LogP contribution < -0.4 is 9.46 Å². The third-order valence-electron chi connectivity index (χ3n) is 8.13. The van der Waals surface area contributed by atoms with Crippen LogP contribution in [0.15, 0.2) is 151 Å². The molecule has 5 nitrogen and oxygen atoms in total. The lowest BCUT2D eigenvalue weighted by molar-refractivity contribution is 0.108. The van der Waals surface area contributed by atoms with Crippen molar-refractivity contribution in [3.8, 4) is 5.75 Å². The van der Waals surface area contributed by atoms with Crippen molar-refractivity contribution in [3.05, 3.63) is 179 Å². The van der Waals surface area contributed by atoms with Crippen LogP contribution in [0.25, 0.3) is 10.9 Å². The minimum atomic E-state index is -0.292. The summed E-state index contributed by atoms with van der Waals surface area (Å²) in [6.07, 6.45) is 4.29. The van der Waals surface area contributed by atoms with Gasteiger partial charge in [0.05, 0.1) is 22.5 Å². The number of para-hydroxylation sites is 1. The van der Waals surface area contributed by atoms with Gasteiger partial charge in [0, 0.05) is 17.1 Å². The Hall–Kier alpha value is -4.91. The van der Waals surface area contributed by atoms with Gasteiger partial charge in [0.15, 0.2) is 6.61 Å². The van der Waals surface area contributed by atoms with Crippen molar-refractivity contribution in [3.63, 3.8) is 0 Å². The minimum absolute atomic E-state index is 0.263. The Morgan fingerprint density at radius 3 is 2.13 bits per heavy atom. The van der Waals surface area contributed by atoms with Gasteiger partial charge in [-0.3, -0.25) is 4.98 Å². The van der Waals surface area contributed by atoms with Crippen LogP contribution in [0, 0.1) is 0 Å². The van der Waals surface area contributed by atoms with E-state index in [9.17, 15) is 0 Å². The summed E-state index contributed by atoms with van der Waals surface area (Å²) in [6.45, 7) is 0.758. The number of hydrogen-bond acceptors (Lipinski definition) is 6. The highest BCUT2D eigenvalue weighted by Crippen LogP contribution is 2.51. The zero-order chi connectivity index (χ0) is 30.3. The summed E-state index contributed by atoms with van der Waals surface area (Å²) >= 11 is 1.80. The van der Waals surface area contributed by atoms with E-state index in [0.717, 1.165) is 28.6 Å². The fourth-order valence-corrected chi connectivity index (χ4v) is 6.77. The first-order valence-electron chi connectivity index (χ1n) is 15.1. The standard InChI is InChI=1S/C39H33N3O2S/c1-3-12-33(13-4-1)39(38-42-45-38,34-14-5-2-6-15-34)35-16-9-10-30(26-35)24-29-18-20-36(21-19-29)43-22-23-44-41-28-31-25-32-11-7-8-17-37(32)40-27-31/h1-21,25-28,38,42H,22-24H2. The number of aromatic nitrogens is 1. The van der Waals surface area contributed by atoms with Crippen LogP contribution in [-0.2, 0) is 16.7 Å². The lowest BCUT2D eigenvalue weighted by Crippen LogP contribution is -2.36. The summed E-state index contributed by atoms with van der Waals surface area (Å²) in [5.74, 6) is 0.808. The maximum absolute atomic E-state index is 5.90. The summed E-state index contributed by atoms with van der Waals surface area (Å²) in [5, 5.41) is 5.40. The molecule has 1 N–H and O–H groups in total. The van der Waals surface area contributed by atoms with Crippen molar-refractivity contribution in [1.82, 2.24) is 9.71 Å². The molecule has 5 aromatic carbocycles.